The zero-order chi connectivity index (χ0) is 29.1. The Morgan fingerprint density at radius 2 is 1.24 bits per heavy atom. The van der Waals surface area contributed by atoms with Gasteiger partial charge in [-0.2, -0.15) is 0 Å². The van der Waals surface area contributed by atoms with Gasteiger partial charge in [-0.3, -0.25) is 10.1 Å². The number of non-ortho nitro benzene ring substituents is 1. The number of nitro groups is 1. The maximum absolute atomic E-state index is 16.7. The first-order chi connectivity index (χ1) is 19.6. The standard InChI is InChI=1S/C29H18BF2N3O6/c31-30(32)33-23(17-1-5-20(6-2-17)28(36)37)13-15-25(33)27(19-9-11-22(12-10-19)35(40)41)26-16-14-24(34(26)30)18-3-7-21(8-4-18)29(38)39/h1-16H,(H,36,37)(H,38,39). The highest BCUT2D eigenvalue weighted by molar-refractivity contribution is 6.59. The molecule has 2 aliphatic rings. The van der Waals surface area contributed by atoms with E-state index in [-0.39, 0.29) is 39.6 Å². The van der Waals surface area contributed by atoms with E-state index in [4.69, 9.17) is 0 Å². The van der Waals surface area contributed by atoms with Gasteiger partial charge < -0.3 is 27.8 Å². The largest absolute Gasteiger partial charge is 0.737 e. The molecule has 0 saturated carbocycles. The van der Waals surface area contributed by atoms with Crippen molar-refractivity contribution in [3.05, 3.63) is 141 Å². The summed E-state index contributed by atoms with van der Waals surface area (Å²) in [6, 6.07) is 19.9. The van der Waals surface area contributed by atoms with Gasteiger partial charge >= 0.3 is 18.9 Å². The van der Waals surface area contributed by atoms with Crippen LogP contribution >= 0.6 is 0 Å². The summed E-state index contributed by atoms with van der Waals surface area (Å²) in [6.07, 6.45) is 3.07. The van der Waals surface area contributed by atoms with Crippen LogP contribution in [0.4, 0.5) is 14.3 Å². The summed E-state index contributed by atoms with van der Waals surface area (Å²) in [5.74, 6) is -2.29. The molecule has 202 valence electrons. The summed E-state index contributed by atoms with van der Waals surface area (Å²) in [5.41, 5.74) is 2.14. The average molecular weight is 553 g/mol. The first-order valence-corrected chi connectivity index (χ1v) is 12.3. The molecular weight excluding hydrogens is 535 g/mol. The van der Waals surface area contributed by atoms with Crippen molar-refractivity contribution in [2.45, 2.75) is 0 Å². The molecule has 9 nitrogen and oxygen atoms in total. The van der Waals surface area contributed by atoms with E-state index in [1.165, 1.54) is 84.9 Å². The molecule has 2 aliphatic heterocycles. The molecule has 0 atom stereocenters. The van der Waals surface area contributed by atoms with Crippen molar-refractivity contribution in [1.29, 1.82) is 0 Å². The fourth-order valence-corrected chi connectivity index (χ4v) is 5.30. The maximum Gasteiger partial charge on any atom is 0.737 e. The lowest BCUT2D eigenvalue weighted by Gasteiger charge is -2.33. The highest BCUT2D eigenvalue weighted by Gasteiger charge is 2.54. The highest BCUT2D eigenvalue weighted by Crippen LogP contribution is 2.43. The number of nitro benzene ring substituents is 1. The normalized spacial score (nSPS) is 15.1. The van der Waals surface area contributed by atoms with Gasteiger partial charge in [-0.05, 0) is 71.8 Å². The van der Waals surface area contributed by atoms with Gasteiger partial charge in [0.1, 0.15) is 0 Å². The Balaban J connectivity index is 1.61. The second-order valence-corrected chi connectivity index (χ2v) is 9.48. The third kappa shape index (κ3) is 4.04. The van der Waals surface area contributed by atoms with Gasteiger partial charge in [0.05, 0.1) is 21.6 Å². The molecule has 3 heterocycles. The minimum Gasteiger partial charge on any atom is -0.478 e. The molecule has 0 fully saturated rings. The number of aromatic carboxylic acids is 2. The minimum atomic E-state index is -4.53. The quantitative estimate of drug-likeness (QED) is 0.184. The Kier molecular flexibility index (Phi) is 5.77. The third-order valence-electron chi connectivity index (χ3n) is 7.19. The summed E-state index contributed by atoms with van der Waals surface area (Å²) in [6.45, 7) is -4.53. The Labute approximate surface area is 230 Å². The van der Waals surface area contributed by atoms with Crippen LogP contribution in [0.2, 0.25) is 0 Å². The lowest BCUT2D eigenvalue weighted by atomic mass is 9.85. The van der Waals surface area contributed by atoms with E-state index in [1.807, 2.05) is 0 Å². The van der Waals surface area contributed by atoms with Gasteiger partial charge in [0.15, 0.2) is 11.4 Å². The summed E-state index contributed by atoms with van der Waals surface area (Å²) >= 11 is 0. The van der Waals surface area contributed by atoms with Crippen LogP contribution in [0.25, 0.3) is 16.8 Å². The van der Waals surface area contributed by atoms with Crippen molar-refractivity contribution in [3.63, 3.8) is 0 Å². The molecule has 0 amide bonds. The Morgan fingerprint density at radius 3 is 1.78 bits per heavy atom. The second-order valence-electron chi connectivity index (χ2n) is 9.48. The molecule has 0 radical (unpaired) electrons. The van der Waals surface area contributed by atoms with Crippen molar-refractivity contribution in [2.24, 2.45) is 0 Å². The fraction of sp³-hybridized carbons (Fsp3) is 0. The monoisotopic (exact) mass is 553 g/mol. The van der Waals surface area contributed by atoms with Crippen molar-refractivity contribution in [1.82, 2.24) is 4.48 Å². The van der Waals surface area contributed by atoms with E-state index in [0.717, 1.165) is 8.96 Å². The first kappa shape index (κ1) is 25.6. The Hall–Kier alpha value is -5.65. The van der Waals surface area contributed by atoms with Crippen molar-refractivity contribution < 1.29 is 37.8 Å². The number of fused-ring (bicyclic) bond motifs is 2. The molecule has 0 saturated heterocycles. The fourth-order valence-electron chi connectivity index (χ4n) is 5.30. The molecule has 6 rings (SSSR count). The molecule has 3 aromatic carbocycles. The number of carboxylic acid groups (broad SMARTS) is 2. The molecular formula is C29H18BF2N3O6. The van der Waals surface area contributed by atoms with Crippen molar-refractivity contribution in [3.8, 4) is 11.3 Å². The molecule has 4 aromatic rings. The summed E-state index contributed by atoms with van der Waals surface area (Å²) in [4.78, 5) is 33.4. The van der Waals surface area contributed by atoms with E-state index >= 15 is 8.63 Å². The molecule has 0 unspecified atom stereocenters. The Bertz CT molecular complexity index is 1870. The van der Waals surface area contributed by atoms with Crippen LogP contribution in [0, 0.1) is 10.1 Å². The summed E-state index contributed by atoms with van der Waals surface area (Å²) in [5, 5.41) is 29.8. The van der Waals surface area contributed by atoms with Crippen LogP contribution in [0.15, 0.2) is 103 Å². The van der Waals surface area contributed by atoms with E-state index in [0.29, 0.717) is 22.3 Å². The van der Waals surface area contributed by atoms with Crippen LogP contribution in [0.3, 0.4) is 0 Å². The van der Waals surface area contributed by atoms with Gasteiger partial charge in [0, 0.05) is 41.2 Å². The summed E-state index contributed by atoms with van der Waals surface area (Å²) in [7, 11) is 0. The molecule has 1 aromatic heterocycles. The van der Waals surface area contributed by atoms with E-state index in [9.17, 15) is 29.9 Å². The number of carbonyl (C=O) groups is 2. The number of allylic oxidation sites excluding steroid dienone is 2. The zero-order valence-corrected chi connectivity index (χ0v) is 20.9. The van der Waals surface area contributed by atoms with E-state index in [1.54, 1.807) is 12.1 Å². The van der Waals surface area contributed by atoms with Crippen LogP contribution in [-0.2, 0) is 0 Å². The molecule has 12 heteroatoms. The molecule has 0 spiro atoms. The minimum absolute atomic E-state index is 0.00867. The maximum atomic E-state index is 16.7. The molecule has 2 N–H and O–H groups in total. The van der Waals surface area contributed by atoms with Gasteiger partial charge in [-0.25, -0.2) is 9.59 Å². The van der Waals surface area contributed by atoms with Crippen LogP contribution in [0.1, 0.15) is 37.5 Å². The number of carboxylic acids is 2. The molecule has 0 bridgehead atoms. The van der Waals surface area contributed by atoms with Crippen LogP contribution < -0.4 is 0 Å². The Morgan fingerprint density at radius 1 is 0.732 bits per heavy atom. The second kappa shape index (κ2) is 9.23. The lowest BCUT2D eigenvalue weighted by Crippen LogP contribution is -2.51. The summed E-state index contributed by atoms with van der Waals surface area (Å²) < 4.78 is 35.3. The average Bonchev–Trinajstić information content (AvgIpc) is 3.60. The van der Waals surface area contributed by atoms with Gasteiger partial charge in [-0.1, -0.05) is 12.1 Å². The number of benzene rings is 3. The van der Waals surface area contributed by atoms with Gasteiger partial charge in [0.2, 0.25) is 0 Å². The lowest BCUT2D eigenvalue weighted by molar-refractivity contribution is -0.384. The number of rotatable bonds is 6. The highest BCUT2D eigenvalue weighted by atomic mass is 19.2. The van der Waals surface area contributed by atoms with E-state index in [2.05, 4.69) is 0 Å². The van der Waals surface area contributed by atoms with Crippen LogP contribution in [-0.4, -0.2) is 48.7 Å². The number of hydrogen-bond acceptors (Lipinski definition) is 4. The predicted octanol–water partition coefficient (Wildman–Crippen LogP) is 5.53. The topological polar surface area (TPSA) is 126 Å². The number of nitrogens with zero attached hydrogens (tertiary/aromatic N) is 3. The number of aromatic nitrogens is 1. The van der Waals surface area contributed by atoms with Crippen molar-refractivity contribution in [2.75, 3.05) is 0 Å². The van der Waals surface area contributed by atoms with Crippen LogP contribution in [0.5, 0.6) is 0 Å². The first-order valence-electron chi connectivity index (χ1n) is 12.3. The van der Waals surface area contributed by atoms with E-state index < -0.39 is 23.8 Å². The zero-order valence-electron chi connectivity index (χ0n) is 20.9. The third-order valence-corrected chi connectivity index (χ3v) is 7.19. The molecule has 41 heavy (non-hydrogen) atoms. The van der Waals surface area contributed by atoms with Gasteiger partial charge in [-0.15, -0.1) is 0 Å². The SMILES string of the molecule is O=C(O)c1ccc(C2=[N+]3C(=C(c4ccc([N+](=O)[O-])cc4)c4ccc(-c5ccc(C(=O)O)cc5)n4[B-]3(F)F)C=C2)cc1. The predicted molar refractivity (Wildman–Crippen MR) is 146 cm³/mol. The van der Waals surface area contributed by atoms with Gasteiger partial charge in [0.25, 0.3) is 5.69 Å². The molecule has 0 aliphatic carbocycles. The number of hydrogen-bond donors (Lipinski definition) is 2. The smallest absolute Gasteiger partial charge is 0.478 e. The van der Waals surface area contributed by atoms with Crippen molar-refractivity contribution >= 4 is 35.9 Å². The number of halogens is 2.